The molecular formula is C37H57ClN6O7. The van der Waals surface area contributed by atoms with Crippen molar-refractivity contribution in [2.45, 2.75) is 84.7 Å². The molecule has 0 fully saturated rings. The average molecular weight is 733 g/mol. The lowest BCUT2D eigenvalue weighted by Gasteiger charge is -2.28. The lowest BCUT2D eigenvalue weighted by atomic mass is 9.99. The summed E-state index contributed by atoms with van der Waals surface area (Å²) in [6, 6.07) is 15.8. The monoisotopic (exact) mass is 732 g/mol. The van der Waals surface area contributed by atoms with Crippen LogP contribution in [-0.2, 0) is 37.1 Å². The number of nitrogens with two attached hydrogens (primary N) is 1. The molecule has 284 valence electrons. The number of amides is 5. The second-order valence-corrected chi connectivity index (χ2v) is 13.1. The highest BCUT2D eigenvalue weighted by Crippen LogP contribution is 2.11. The summed E-state index contributed by atoms with van der Waals surface area (Å²) >= 11 is 0. The standard InChI is InChI=1S/C37H56N6O7.ClH/c1-26(2)23-31(41-34(45)32(27(3)4)42-37(48)50-25-29-17-11-8-12-18-29)33(44)40-30(35(46)43(6)22-21-38-5)19-13-14-20-39-36(47)49-24-28-15-9-7-10-16-28;/h7-12,15-18,26-27,30-32,38H,13-14,19-25H2,1-6H3,(H,39,47)(H,40,44)(H,41,45)(H,42,48);1H/t30-,31-,32+;/m0./s1. The topological polar surface area (TPSA) is 172 Å². The van der Waals surface area contributed by atoms with Gasteiger partial charge in [-0.3, -0.25) is 14.4 Å². The molecule has 0 aliphatic heterocycles. The Labute approximate surface area is 308 Å². The van der Waals surface area contributed by atoms with Crippen LogP contribution in [-0.4, -0.2) is 86.7 Å². The normalized spacial score (nSPS) is 12.5. The number of hydrogen-bond acceptors (Lipinski definition) is 7. The van der Waals surface area contributed by atoms with Crippen molar-refractivity contribution in [2.24, 2.45) is 11.8 Å². The smallest absolute Gasteiger partial charge is 0.408 e. The van der Waals surface area contributed by atoms with Crippen molar-refractivity contribution >= 4 is 29.9 Å². The van der Waals surface area contributed by atoms with Gasteiger partial charge in [0.2, 0.25) is 17.7 Å². The number of hydrogen-bond donors (Lipinski definition) is 5. The SMILES string of the molecule is C[NH2+]CCN(C)C(=O)[C@H](CCCCNC(=O)OCc1ccccc1)NC(=O)[C@H](CC(C)C)NC(=O)[C@H](NC(=O)OCc1ccccc1)C(C)C.[Cl-]. The molecule has 0 aromatic heterocycles. The summed E-state index contributed by atoms with van der Waals surface area (Å²) in [4.78, 5) is 67.0. The Balaban J connectivity index is 0.0000130. The summed E-state index contributed by atoms with van der Waals surface area (Å²) in [6.45, 7) is 9.18. The van der Waals surface area contributed by atoms with Gasteiger partial charge in [-0.15, -0.1) is 0 Å². The molecule has 0 saturated carbocycles. The maximum absolute atomic E-state index is 13.7. The van der Waals surface area contributed by atoms with E-state index in [9.17, 15) is 24.0 Å². The molecule has 6 N–H and O–H groups in total. The Morgan fingerprint density at radius 1 is 0.745 bits per heavy atom. The van der Waals surface area contributed by atoms with Crippen molar-refractivity contribution in [2.75, 3.05) is 33.7 Å². The fraction of sp³-hybridized carbons (Fsp3) is 0.541. The zero-order valence-corrected chi connectivity index (χ0v) is 31.5. The Hall–Kier alpha value is -4.36. The number of rotatable bonds is 21. The molecule has 2 rings (SSSR count). The van der Waals surface area contributed by atoms with Crippen LogP contribution in [0.4, 0.5) is 9.59 Å². The van der Waals surface area contributed by atoms with Gasteiger partial charge >= 0.3 is 12.2 Å². The molecule has 2 aromatic rings. The van der Waals surface area contributed by atoms with Crippen LogP contribution in [0.15, 0.2) is 60.7 Å². The fourth-order valence-corrected chi connectivity index (χ4v) is 5.06. The van der Waals surface area contributed by atoms with Crippen LogP contribution in [0.1, 0.15) is 64.5 Å². The number of halogens is 1. The van der Waals surface area contributed by atoms with Gasteiger partial charge in [-0.05, 0) is 48.6 Å². The van der Waals surface area contributed by atoms with Crippen molar-refractivity contribution in [3.8, 4) is 0 Å². The van der Waals surface area contributed by atoms with E-state index in [1.54, 1.807) is 25.8 Å². The molecule has 14 heteroatoms. The van der Waals surface area contributed by atoms with Gasteiger partial charge in [-0.25, -0.2) is 9.59 Å². The van der Waals surface area contributed by atoms with Crippen LogP contribution < -0.4 is 39.0 Å². The lowest BCUT2D eigenvalue weighted by Crippen LogP contribution is -3.00. The van der Waals surface area contributed by atoms with Gasteiger partial charge < -0.3 is 53.4 Å². The highest BCUT2D eigenvalue weighted by atomic mass is 35.5. The largest absolute Gasteiger partial charge is 1.00 e. The first-order valence-corrected chi connectivity index (χ1v) is 17.5. The number of unbranched alkanes of at least 4 members (excludes halogenated alkanes) is 1. The summed E-state index contributed by atoms with van der Waals surface area (Å²) in [5, 5.41) is 13.0. The molecule has 0 saturated heterocycles. The van der Waals surface area contributed by atoms with Gasteiger partial charge in [0.15, 0.2) is 0 Å². The highest BCUT2D eigenvalue weighted by Gasteiger charge is 2.32. The van der Waals surface area contributed by atoms with Crippen LogP contribution >= 0.6 is 0 Å². The van der Waals surface area contributed by atoms with Crippen molar-refractivity contribution in [1.29, 1.82) is 0 Å². The van der Waals surface area contributed by atoms with Gasteiger partial charge in [0, 0.05) is 13.6 Å². The average Bonchev–Trinajstić information content (AvgIpc) is 3.10. The van der Waals surface area contributed by atoms with E-state index < -0.39 is 42.1 Å². The van der Waals surface area contributed by atoms with Gasteiger partial charge in [0.05, 0.1) is 20.1 Å². The van der Waals surface area contributed by atoms with E-state index in [1.165, 1.54) is 0 Å². The van der Waals surface area contributed by atoms with E-state index in [1.807, 2.05) is 86.9 Å². The first-order valence-electron chi connectivity index (χ1n) is 17.5. The molecular weight excluding hydrogens is 676 g/mol. The third-order valence-electron chi connectivity index (χ3n) is 7.92. The van der Waals surface area contributed by atoms with E-state index in [4.69, 9.17) is 9.47 Å². The molecule has 13 nitrogen and oxygen atoms in total. The quantitative estimate of drug-likeness (QED) is 0.110. The van der Waals surface area contributed by atoms with E-state index in [2.05, 4.69) is 21.3 Å². The number of quaternary nitrogens is 1. The van der Waals surface area contributed by atoms with Gasteiger partial charge in [0.25, 0.3) is 0 Å². The van der Waals surface area contributed by atoms with Crippen LogP contribution in [0.5, 0.6) is 0 Å². The van der Waals surface area contributed by atoms with E-state index in [0.717, 1.165) is 11.1 Å². The van der Waals surface area contributed by atoms with Crippen LogP contribution in [0.2, 0.25) is 0 Å². The van der Waals surface area contributed by atoms with Gasteiger partial charge in [-0.2, -0.15) is 0 Å². The summed E-state index contributed by atoms with van der Waals surface area (Å²) in [5.41, 5.74) is 1.69. The van der Waals surface area contributed by atoms with Crippen molar-refractivity contribution < 1.29 is 51.2 Å². The maximum Gasteiger partial charge on any atom is 0.408 e. The molecule has 2 aromatic carbocycles. The number of nitrogens with one attached hydrogen (secondary N) is 4. The molecule has 0 bridgehead atoms. The zero-order chi connectivity index (χ0) is 36.9. The van der Waals surface area contributed by atoms with Crippen molar-refractivity contribution in [3.05, 3.63) is 71.8 Å². The zero-order valence-electron chi connectivity index (χ0n) is 30.8. The number of likely N-dealkylation sites (N-methyl/N-ethyl adjacent to an activating group) is 2. The minimum Gasteiger partial charge on any atom is -1.00 e. The van der Waals surface area contributed by atoms with Crippen LogP contribution in [0, 0.1) is 11.8 Å². The van der Waals surface area contributed by atoms with E-state index >= 15 is 0 Å². The number of carbonyl (C=O) groups is 5. The predicted molar refractivity (Wildman–Crippen MR) is 191 cm³/mol. The predicted octanol–water partition coefficient (Wildman–Crippen LogP) is -0.295. The number of carbonyl (C=O) groups excluding carboxylic acids is 5. The van der Waals surface area contributed by atoms with Crippen molar-refractivity contribution in [1.82, 2.24) is 26.2 Å². The first-order chi connectivity index (χ1) is 23.9. The Bertz CT molecular complexity index is 1330. The minimum atomic E-state index is -0.957. The van der Waals surface area contributed by atoms with Crippen molar-refractivity contribution in [3.63, 3.8) is 0 Å². The summed E-state index contributed by atoms with van der Waals surface area (Å²) in [5.74, 6) is -1.52. The maximum atomic E-state index is 13.7. The number of alkyl carbamates (subject to hydrolysis) is 2. The number of nitrogens with zero attached hydrogens (tertiary/aromatic N) is 1. The second-order valence-electron chi connectivity index (χ2n) is 13.1. The molecule has 0 spiro atoms. The van der Waals surface area contributed by atoms with E-state index in [0.29, 0.717) is 45.3 Å². The minimum absolute atomic E-state index is 0. The molecule has 0 aliphatic carbocycles. The summed E-state index contributed by atoms with van der Waals surface area (Å²) in [7, 11) is 3.61. The molecule has 0 radical (unpaired) electrons. The third-order valence-corrected chi connectivity index (χ3v) is 7.92. The van der Waals surface area contributed by atoms with E-state index in [-0.39, 0.29) is 43.4 Å². The molecule has 0 aliphatic rings. The first kappa shape index (κ1) is 44.7. The Morgan fingerprint density at radius 2 is 1.29 bits per heavy atom. The summed E-state index contributed by atoms with van der Waals surface area (Å²) in [6.07, 6.45) is 0.464. The third kappa shape index (κ3) is 17.9. The molecule has 0 unspecified atom stereocenters. The molecule has 5 amide bonds. The number of benzene rings is 2. The fourth-order valence-electron chi connectivity index (χ4n) is 5.06. The number of ether oxygens (including phenoxy) is 2. The van der Waals surface area contributed by atoms with Gasteiger partial charge in [0.1, 0.15) is 31.3 Å². The van der Waals surface area contributed by atoms with Crippen LogP contribution in [0.25, 0.3) is 0 Å². The molecule has 0 heterocycles. The Morgan fingerprint density at radius 3 is 1.82 bits per heavy atom. The highest BCUT2D eigenvalue weighted by molar-refractivity contribution is 5.94. The second kappa shape index (κ2) is 24.7. The van der Waals surface area contributed by atoms with Crippen LogP contribution in [0.3, 0.4) is 0 Å². The molecule has 51 heavy (non-hydrogen) atoms. The summed E-state index contributed by atoms with van der Waals surface area (Å²) < 4.78 is 10.6. The Kier molecular flexibility index (Phi) is 21.7. The lowest BCUT2D eigenvalue weighted by molar-refractivity contribution is -0.626. The molecule has 3 atom stereocenters. The van der Waals surface area contributed by atoms with Gasteiger partial charge in [-0.1, -0.05) is 88.4 Å².